The van der Waals surface area contributed by atoms with Crippen molar-refractivity contribution in [3.8, 4) is 0 Å². The van der Waals surface area contributed by atoms with Crippen molar-refractivity contribution in [3.63, 3.8) is 0 Å². The van der Waals surface area contributed by atoms with Gasteiger partial charge in [-0.2, -0.15) is 0 Å². The Morgan fingerprint density at radius 3 is 2.40 bits per heavy atom. The third kappa shape index (κ3) is 3.45. The Balaban J connectivity index is 3.73. The third-order valence-corrected chi connectivity index (χ3v) is 1.59. The minimum absolute atomic E-state index is 0.420. The monoisotopic (exact) mass is 164 g/mol. The minimum Gasteiger partial charge on any atom is -0.481 e. The van der Waals surface area contributed by atoms with Crippen LogP contribution < -0.4 is 0 Å². The van der Waals surface area contributed by atoms with E-state index >= 15 is 0 Å². The first-order valence-electron chi connectivity index (χ1n) is 2.96. The van der Waals surface area contributed by atoms with Gasteiger partial charge in [-0.15, -0.1) is 11.6 Å². The third-order valence-electron chi connectivity index (χ3n) is 1.03. The Bertz CT molecular complexity index is 144. The summed E-state index contributed by atoms with van der Waals surface area (Å²) in [4.78, 5) is 20.6. The van der Waals surface area contributed by atoms with Crippen LogP contribution in [0.4, 0.5) is 0 Å². The summed E-state index contributed by atoms with van der Waals surface area (Å²) in [6, 6.07) is 0. The van der Waals surface area contributed by atoms with Gasteiger partial charge in [0, 0.05) is 0 Å². The molecule has 0 amide bonds. The summed E-state index contributed by atoms with van der Waals surface area (Å²) in [5.74, 6) is -1.54. The van der Waals surface area contributed by atoms with Crippen LogP contribution in [-0.4, -0.2) is 22.2 Å². The van der Waals surface area contributed by atoms with E-state index in [0.29, 0.717) is 6.42 Å². The van der Waals surface area contributed by atoms with E-state index in [0.717, 1.165) is 0 Å². The van der Waals surface area contributed by atoms with Gasteiger partial charge in [0.1, 0.15) is 6.42 Å². The maximum atomic E-state index is 10.7. The molecule has 0 heterocycles. The first-order valence-corrected chi connectivity index (χ1v) is 3.40. The van der Waals surface area contributed by atoms with Crippen molar-refractivity contribution in [3.05, 3.63) is 0 Å². The molecule has 0 saturated heterocycles. The van der Waals surface area contributed by atoms with Crippen molar-refractivity contribution < 1.29 is 14.7 Å². The van der Waals surface area contributed by atoms with Gasteiger partial charge in [0.25, 0.3) is 0 Å². The number of aliphatic carboxylic acids is 1. The summed E-state index contributed by atoms with van der Waals surface area (Å²) in [7, 11) is 0. The average molecular weight is 165 g/mol. The molecule has 0 aromatic rings. The van der Waals surface area contributed by atoms with Gasteiger partial charge in [-0.25, -0.2) is 0 Å². The lowest BCUT2D eigenvalue weighted by atomic mass is 10.2. The lowest BCUT2D eigenvalue weighted by Gasteiger charge is -2.00. The van der Waals surface area contributed by atoms with E-state index in [-0.39, 0.29) is 0 Å². The number of carboxylic acid groups (broad SMARTS) is 1. The van der Waals surface area contributed by atoms with Crippen LogP contribution in [0.3, 0.4) is 0 Å². The molecule has 0 aromatic heterocycles. The largest absolute Gasteiger partial charge is 0.481 e. The molecule has 0 aliphatic rings. The predicted octanol–water partition coefficient (Wildman–Crippen LogP) is 1.05. The van der Waals surface area contributed by atoms with Crippen molar-refractivity contribution in [2.75, 3.05) is 0 Å². The zero-order chi connectivity index (χ0) is 8.15. The molecule has 0 fully saturated rings. The zero-order valence-corrected chi connectivity index (χ0v) is 6.39. The molecule has 0 radical (unpaired) electrons. The van der Waals surface area contributed by atoms with E-state index in [9.17, 15) is 9.59 Å². The van der Waals surface area contributed by atoms with Gasteiger partial charge >= 0.3 is 5.97 Å². The molecule has 0 saturated carbocycles. The van der Waals surface area contributed by atoms with Gasteiger partial charge in [-0.05, 0) is 6.42 Å². The molecule has 0 aromatic carbocycles. The lowest BCUT2D eigenvalue weighted by molar-refractivity contribution is -0.140. The SMILES string of the molecule is CC[C@H](Cl)C(=O)CC(=O)O. The fourth-order valence-electron chi connectivity index (χ4n) is 0.487. The van der Waals surface area contributed by atoms with Crippen LogP contribution in [0.2, 0.25) is 0 Å². The van der Waals surface area contributed by atoms with Crippen molar-refractivity contribution in [1.29, 1.82) is 0 Å². The summed E-state index contributed by atoms with van der Waals surface area (Å²) >= 11 is 5.45. The summed E-state index contributed by atoms with van der Waals surface area (Å²) in [6.07, 6.45) is 0.00960. The van der Waals surface area contributed by atoms with Gasteiger partial charge in [0.2, 0.25) is 0 Å². The molecule has 0 unspecified atom stereocenters. The number of rotatable bonds is 4. The number of hydrogen-bond donors (Lipinski definition) is 1. The second-order valence-corrected chi connectivity index (χ2v) is 2.44. The Kier molecular flexibility index (Phi) is 4.03. The summed E-state index contributed by atoms with van der Waals surface area (Å²) < 4.78 is 0. The maximum Gasteiger partial charge on any atom is 0.310 e. The van der Waals surface area contributed by atoms with Crippen LogP contribution in [0.25, 0.3) is 0 Å². The van der Waals surface area contributed by atoms with E-state index in [1.165, 1.54) is 0 Å². The van der Waals surface area contributed by atoms with Gasteiger partial charge < -0.3 is 5.11 Å². The number of ketones is 1. The molecule has 1 atom stereocenters. The molecule has 10 heavy (non-hydrogen) atoms. The van der Waals surface area contributed by atoms with E-state index in [4.69, 9.17) is 16.7 Å². The van der Waals surface area contributed by atoms with Gasteiger partial charge in [-0.1, -0.05) is 6.92 Å². The molecule has 0 bridgehead atoms. The van der Waals surface area contributed by atoms with Crippen LogP contribution in [0.1, 0.15) is 19.8 Å². The van der Waals surface area contributed by atoms with Crippen LogP contribution in [0, 0.1) is 0 Å². The summed E-state index contributed by atoms with van der Waals surface area (Å²) in [5.41, 5.74) is 0. The molecule has 0 aliphatic carbocycles. The maximum absolute atomic E-state index is 10.7. The minimum atomic E-state index is -1.12. The van der Waals surface area contributed by atoms with Crippen molar-refractivity contribution >= 4 is 23.4 Å². The summed E-state index contributed by atoms with van der Waals surface area (Å²) in [5, 5.41) is 7.51. The number of Topliss-reactive ketones (excluding diaryl/α,β-unsaturated/α-hetero) is 1. The summed E-state index contributed by atoms with van der Waals surface area (Å²) in [6.45, 7) is 1.73. The molecular formula is C6H9ClO3. The van der Waals surface area contributed by atoms with Gasteiger partial charge in [-0.3, -0.25) is 9.59 Å². The second kappa shape index (κ2) is 4.28. The van der Waals surface area contributed by atoms with Crippen LogP contribution in [-0.2, 0) is 9.59 Å². The van der Waals surface area contributed by atoms with Crippen molar-refractivity contribution in [1.82, 2.24) is 0 Å². The molecule has 1 N–H and O–H groups in total. The first-order chi connectivity index (χ1) is 4.57. The fourth-order valence-corrected chi connectivity index (χ4v) is 0.565. The molecule has 0 spiro atoms. The highest BCUT2D eigenvalue weighted by atomic mass is 35.5. The Hall–Kier alpha value is -0.570. The van der Waals surface area contributed by atoms with Gasteiger partial charge in [0.15, 0.2) is 5.78 Å². The highest BCUT2D eigenvalue weighted by Gasteiger charge is 2.15. The predicted molar refractivity (Wildman–Crippen MR) is 37.2 cm³/mol. The van der Waals surface area contributed by atoms with E-state index in [2.05, 4.69) is 0 Å². The number of carbonyl (C=O) groups is 2. The highest BCUT2D eigenvalue weighted by Crippen LogP contribution is 2.04. The average Bonchev–Trinajstić information content (AvgIpc) is 1.85. The smallest absolute Gasteiger partial charge is 0.310 e. The first kappa shape index (κ1) is 9.43. The molecule has 3 nitrogen and oxygen atoms in total. The number of hydrogen-bond acceptors (Lipinski definition) is 2. The number of carbonyl (C=O) groups excluding carboxylic acids is 1. The quantitative estimate of drug-likeness (QED) is 0.499. The van der Waals surface area contributed by atoms with E-state index < -0.39 is 23.6 Å². The molecule has 0 aliphatic heterocycles. The Morgan fingerprint density at radius 1 is 1.60 bits per heavy atom. The van der Waals surface area contributed by atoms with Gasteiger partial charge in [0.05, 0.1) is 5.38 Å². The zero-order valence-electron chi connectivity index (χ0n) is 5.63. The number of alkyl halides is 1. The van der Waals surface area contributed by atoms with Crippen LogP contribution in [0.5, 0.6) is 0 Å². The topological polar surface area (TPSA) is 54.4 Å². The second-order valence-electron chi connectivity index (χ2n) is 1.91. The van der Waals surface area contributed by atoms with Crippen molar-refractivity contribution in [2.45, 2.75) is 25.1 Å². The Morgan fingerprint density at radius 2 is 2.10 bits per heavy atom. The standard InChI is InChI=1S/C6H9ClO3/c1-2-4(7)5(8)3-6(9)10/h4H,2-3H2,1H3,(H,9,10)/t4-/m0/s1. The molecular weight excluding hydrogens is 156 g/mol. The normalized spacial score (nSPS) is 12.6. The van der Waals surface area contributed by atoms with Crippen LogP contribution in [0.15, 0.2) is 0 Å². The van der Waals surface area contributed by atoms with E-state index in [1.807, 2.05) is 0 Å². The fraction of sp³-hybridized carbons (Fsp3) is 0.667. The lowest BCUT2D eigenvalue weighted by Crippen LogP contribution is -2.16. The molecule has 0 rings (SSSR count). The number of halogens is 1. The number of carboxylic acids is 1. The Labute approximate surface area is 64.0 Å². The highest BCUT2D eigenvalue weighted by molar-refractivity contribution is 6.32. The molecule has 58 valence electrons. The van der Waals surface area contributed by atoms with Crippen molar-refractivity contribution in [2.24, 2.45) is 0 Å². The van der Waals surface area contributed by atoms with Crippen LogP contribution >= 0.6 is 11.6 Å². The van der Waals surface area contributed by atoms with E-state index in [1.54, 1.807) is 6.92 Å². The molecule has 4 heteroatoms.